The predicted octanol–water partition coefficient (Wildman–Crippen LogP) is 0.575. The summed E-state index contributed by atoms with van der Waals surface area (Å²) in [7, 11) is 2.12. The summed E-state index contributed by atoms with van der Waals surface area (Å²) in [6.07, 6.45) is 0. The van der Waals surface area contributed by atoms with Crippen LogP contribution in [0.3, 0.4) is 0 Å². The van der Waals surface area contributed by atoms with Gasteiger partial charge >= 0.3 is 11.9 Å². The van der Waals surface area contributed by atoms with Crippen molar-refractivity contribution in [2.24, 2.45) is 0 Å². The Labute approximate surface area is 134 Å². The number of carbonyl (C=O) groups excluding carboxylic acids is 2. The van der Waals surface area contributed by atoms with E-state index in [0.717, 1.165) is 30.9 Å². The van der Waals surface area contributed by atoms with Gasteiger partial charge in [-0.25, -0.2) is 4.79 Å². The number of carbonyl (C=O) groups is 2. The van der Waals surface area contributed by atoms with Crippen LogP contribution >= 0.6 is 0 Å². The fourth-order valence-electron chi connectivity index (χ4n) is 2.17. The van der Waals surface area contributed by atoms with Crippen LogP contribution in [-0.2, 0) is 20.8 Å². The van der Waals surface area contributed by atoms with Crippen LogP contribution < -0.4 is 5.56 Å². The number of aromatic hydroxyl groups is 1. The van der Waals surface area contributed by atoms with E-state index in [1.165, 1.54) is 6.07 Å². The number of aromatic nitrogens is 1. The molecule has 0 saturated heterocycles. The van der Waals surface area contributed by atoms with Gasteiger partial charge < -0.3 is 14.6 Å². The molecule has 1 heterocycles. The zero-order valence-corrected chi connectivity index (χ0v) is 12.6. The fourth-order valence-corrected chi connectivity index (χ4v) is 2.17. The van der Waals surface area contributed by atoms with E-state index in [1.807, 2.05) is 0 Å². The molecule has 0 aliphatic heterocycles. The number of ether oxygens (including phenoxy) is 2. The average molecular weight is 336 g/mol. The van der Waals surface area contributed by atoms with Crippen molar-refractivity contribution in [1.82, 2.24) is 4.57 Å². The van der Waals surface area contributed by atoms with E-state index in [9.17, 15) is 29.6 Å². The Morgan fingerprint density at radius 3 is 2.50 bits per heavy atom. The Balaban J connectivity index is 2.92. The van der Waals surface area contributed by atoms with Crippen LogP contribution in [0.4, 0.5) is 5.69 Å². The molecular formula is C14H12N2O8. The molecule has 2 rings (SSSR count). The summed E-state index contributed by atoms with van der Waals surface area (Å²) in [5.41, 5.74) is -2.16. The first-order valence-electron chi connectivity index (χ1n) is 6.50. The number of hydrogen-bond donors (Lipinski definition) is 1. The summed E-state index contributed by atoms with van der Waals surface area (Å²) >= 11 is 0. The number of nitro groups is 1. The van der Waals surface area contributed by atoms with Crippen molar-refractivity contribution >= 4 is 28.5 Å². The maximum absolute atomic E-state index is 12.5. The molecule has 126 valence electrons. The topological polar surface area (TPSA) is 138 Å². The quantitative estimate of drug-likeness (QED) is 0.486. The average Bonchev–Trinajstić information content (AvgIpc) is 2.57. The van der Waals surface area contributed by atoms with Crippen molar-refractivity contribution in [2.45, 2.75) is 6.54 Å². The maximum Gasteiger partial charge on any atom is 0.347 e. The predicted molar refractivity (Wildman–Crippen MR) is 79.9 cm³/mol. The molecule has 0 amide bonds. The molecule has 0 unspecified atom stereocenters. The summed E-state index contributed by atoms with van der Waals surface area (Å²) in [5.74, 6) is -2.60. The smallest absolute Gasteiger partial charge is 0.347 e. The molecule has 1 aromatic carbocycles. The highest BCUT2D eigenvalue weighted by atomic mass is 16.6. The van der Waals surface area contributed by atoms with Gasteiger partial charge in [-0.1, -0.05) is 0 Å². The van der Waals surface area contributed by atoms with Crippen molar-refractivity contribution in [2.75, 3.05) is 14.2 Å². The highest BCUT2D eigenvalue weighted by Gasteiger charge is 2.25. The monoisotopic (exact) mass is 336 g/mol. The molecule has 0 radical (unpaired) electrons. The lowest BCUT2D eigenvalue weighted by molar-refractivity contribution is -0.384. The minimum absolute atomic E-state index is 0.0236. The second-order valence-corrected chi connectivity index (χ2v) is 4.64. The van der Waals surface area contributed by atoms with Gasteiger partial charge in [-0.3, -0.25) is 24.3 Å². The number of nitro benzene ring substituents is 1. The van der Waals surface area contributed by atoms with Crippen molar-refractivity contribution in [3.05, 3.63) is 44.2 Å². The lowest BCUT2D eigenvalue weighted by atomic mass is 10.1. The number of fused-ring (bicyclic) bond motifs is 1. The van der Waals surface area contributed by atoms with Crippen LogP contribution in [0.15, 0.2) is 23.0 Å². The first-order valence-corrected chi connectivity index (χ1v) is 6.50. The van der Waals surface area contributed by atoms with Gasteiger partial charge in [0.1, 0.15) is 12.3 Å². The van der Waals surface area contributed by atoms with Gasteiger partial charge in [-0.05, 0) is 6.07 Å². The Morgan fingerprint density at radius 2 is 1.96 bits per heavy atom. The van der Waals surface area contributed by atoms with Crippen molar-refractivity contribution in [3.63, 3.8) is 0 Å². The largest absolute Gasteiger partial charge is 0.506 e. The number of esters is 2. The van der Waals surface area contributed by atoms with E-state index in [0.29, 0.717) is 0 Å². The van der Waals surface area contributed by atoms with Crippen LogP contribution in [0.2, 0.25) is 0 Å². The number of rotatable bonds is 4. The normalized spacial score (nSPS) is 10.4. The molecule has 0 fully saturated rings. The summed E-state index contributed by atoms with van der Waals surface area (Å²) < 4.78 is 9.75. The molecule has 10 heteroatoms. The van der Waals surface area contributed by atoms with Gasteiger partial charge in [-0.15, -0.1) is 0 Å². The third-order valence-electron chi connectivity index (χ3n) is 3.34. The number of benzene rings is 1. The van der Waals surface area contributed by atoms with E-state index < -0.39 is 40.3 Å². The van der Waals surface area contributed by atoms with Crippen LogP contribution in [0.1, 0.15) is 10.4 Å². The Bertz CT molecular complexity index is 915. The molecule has 0 saturated carbocycles. The SMILES string of the molecule is COC(=O)Cn1c(=O)c(C(=O)OC)c(O)c2ccc([N+](=O)[O-])cc21. The highest BCUT2D eigenvalue weighted by molar-refractivity contribution is 6.00. The van der Waals surface area contributed by atoms with Crippen molar-refractivity contribution in [1.29, 1.82) is 0 Å². The summed E-state index contributed by atoms with van der Waals surface area (Å²) in [4.78, 5) is 46.0. The number of hydrogen-bond acceptors (Lipinski definition) is 8. The number of pyridine rings is 1. The van der Waals surface area contributed by atoms with Crippen LogP contribution in [0.25, 0.3) is 10.9 Å². The number of nitrogens with zero attached hydrogens (tertiary/aromatic N) is 2. The van der Waals surface area contributed by atoms with E-state index in [-0.39, 0.29) is 16.6 Å². The fraction of sp³-hybridized carbons (Fsp3) is 0.214. The maximum atomic E-state index is 12.5. The first kappa shape index (κ1) is 16.9. The van der Waals surface area contributed by atoms with Gasteiger partial charge in [0.15, 0.2) is 5.56 Å². The molecule has 1 N–H and O–H groups in total. The number of non-ortho nitro benzene ring substituents is 1. The lowest BCUT2D eigenvalue weighted by Crippen LogP contribution is -2.30. The third-order valence-corrected chi connectivity index (χ3v) is 3.34. The molecule has 0 aliphatic carbocycles. The van der Waals surface area contributed by atoms with Crippen molar-refractivity contribution in [3.8, 4) is 5.75 Å². The van der Waals surface area contributed by atoms with Gasteiger partial charge in [0.25, 0.3) is 11.2 Å². The third kappa shape index (κ3) is 2.76. The highest BCUT2D eigenvalue weighted by Crippen LogP contribution is 2.29. The van der Waals surface area contributed by atoms with E-state index in [4.69, 9.17) is 0 Å². The Kier molecular flexibility index (Phi) is 4.49. The van der Waals surface area contributed by atoms with Gasteiger partial charge in [0, 0.05) is 17.5 Å². The van der Waals surface area contributed by atoms with Gasteiger partial charge in [0.05, 0.1) is 24.7 Å². The van der Waals surface area contributed by atoms with Crippen LogP contribution in [0, 0.1) is 10.1 Å². The van der Waals surface area contributed by atoms with Gasteiger partial charge in [-0.2, -0.15) is 0 Å². The minimum atomic E-state index is -1.10. The zero-order chi connectivity index (χ0) is 18.0. The molecule has 0 bridgehead atoms. The molecule has 0 spiro atoms. The number of methoxy groups -OCH3 is 2. The van der Waals surface area contributed by atoms with Crippen LogP contribution in [0.5, 0.6) is 5.75 Å². The molecule has 24 heavy (non-hydrogen) atoms. The minimum Gasteiger partial charge on any atom is -0.506 e. The summed E-state index contributed by atoms with van der Waals surface area (Å²) in [6, 6.07) is 3.28. The molecule has 1 aromatic heterocycles. The lowest BCUT2D eigenvalue weighted by Gasteiger charge is -2.13. The second-order valence-electron chi connectivity index (χ2n) is 4.64. The molecule has 0 aliphatic rings. The van der Waals surface area contributed by atoms with E-state index >= 15 is 0 Å². The second kappa shape index (κ2) is 6.36. The summed E-state index contributed by atoms with van der Waals surface area (Å²) in [6.45, 7) is -0.600. The van der Waals surface area contributed by atoms with E-state index in [1.54, 1.807) is 0 Å². The molecule has 10 nitrogen and oxygen atoms in total. The van der Waals surface area contributed by atoms with Gasteiger partial charge in [0.2, 0.25) is 0 Å². The standard InChI is InChI=1S/C14H12N2O8/c1-23-10(17)6-15-9-5-7(16(21)22)3-4-8(9)12(18)11(13(15)19)14(20)24-2/h3-5,18H,6H2,1-2H3. The van der Waals surface area contributed by atoms with Crippen molar-refractivity contribution < 1.29 is 29.1 Å². The Hall–Kier alpha value is -3.43. The molecule has 2 aromatic rings. The van der Waals surface area contributed by atoms with E-state index in [2.05, 4.69) is 9.47 Å². The first-order chi connectivity index (χ1) is 11.3. The molecule has 0 atom stereocenters. The summed E-state index contributed by atoms with van der Waals surface area (Å²) in [5, 5.41) is 21.1. The molecular weight excluding hydrogens is 324 g/mol. The zero-order valence-electron chi connectivity index (χ0n) is 12.6. The Morgan fingerprint density at radius 1 is 1.29 bits per heavy atom. The van der Waals surface area contributed by atoms with Crippen LogP contribution in [-0.4, -0.2) is 40.8 Å².